The summed E-state index contributed by atoms with van der Waals surface area (Å²) in [5.74, 6) is 1.25. The molecule has 7 heteroatoms. The summed E-state index contributed by atoms with van der Waals surface area (Å²) in [5.41, 5.74) is 1.03. The molecule has 2 aromatic heterocycles. The van der Waals surface area contributed by atoms with E-state index >= 15 is 0 Å². The Morgan fingerprint density at radius 1 is 1.17 bits per heavy atom. The Morgan fingerprint density at radius 2 is 1.91 bits per heavy atom. The quantitative estimate of drug-likeness (QED) is 0.929. The van der Waals surface area contributed by atoms with E-state index in [0.29, 0.717) is 17.3 Å². The number of rotatable bonds is 4. The van der Waals surface area contributed by atoms with Crippen LogP contribution in [-0.2, 0) is 10.0 Å². The maximum Gasteiger partial charge on any atom is 0.266 e. The van der Waals surface area contributed by atoms with Gasteiger partial charge in [-0.2, -0.15) is 0 Å². The minimum absolute atomic E-state index is 0.150. The molecule has 1 aliphatic rings. The van der Waals surface area contributed by atoms with Gasteiger partial charge in [-0.3, -0.25) is 4.72 Å². The summed E-state index contributed by atoms with van der Waals surface area (Å²) in [7, 11) is -3.68. The van der Waals surface area contributed by atoms with Crippen molar-refractivity contribution in [3.63, 3.8) is 0 Å². The zero-order chi connectivity index (χ0) is 16.4. The van der Waals surface area contributed by atoms with Crippen molar-refractivity contribution >= 4 is 21.5 Å². The Morgan fingerprint density at radius 3 is 2.48 bits per heavy atom. The molecule has 2 aromatic rings. The van der Waals surface area contributed by atoms with Crippen LogP contribution in [0.15, 0.2) is 33.7 Å². The lowest BCUT2D eigenvalue weighted by Crippen LogP contribution is -2.29. The van der Waals surface area contributed by atoms with Crippen molar-refractivity contribution in [1.29, 1.82) is 0 Å². The number of hydrogen-bond acceptors (Lipinski definition) is 5. The van der Waals surface area contributed by atoms with Gasteiger partial charge in [-0.05, 0) is 45.2 Å². The van der Waals surface area contributed by atoms with Crippen LogP contribution >= 0.6 is 0 Å². The molecule has 0 saturated carbocycles. The molecule has 124 valence electrons. The molecule has 0 bridgehead atoms. The molecule has 3 heterocycles. The highest BCUT2D eigenvalue weighted by Crippen LogP contribution is 2.23. The summed E-state index contributed by atoms with van der Waals surface area (Å²) in [5, 5.41) is 0. The van der Waals surface area contributed by atoms with E-state index in [9.17, 15) is 8.42 Å². The van der Waals surface area contributed by atoms with Gasteiger partial charge < -0.3 is 9.32 Å². The Labute approximate surface area is 136 Å². The fourth-order valence-electron chi connectivity index (χ4n) is 2.85. The van der Waals surface area contributed by atoms with Crippen LogP contribution in [0.1, 0.15) is 30.8 Å². The molecule has 1 aliphatic heterocycles. The monoisotopic (exact) mass is 335 g/mol. The maximum absolute atomic E-state index is 12.4. The molecule has 1 saturated heterocycles. The number of aryl methyl sites for hydroxylation is 2. The van der Waals surface area contributed by atoms with Gasteiger partial charge in [0.1, 0.15) is 22.2 Å². The number of nitrogens with zero attached hydrogens (tertiary/aromatic N) is 2. The highest BCUT2D eigenvalue weighted by Gasteiger charge is 2.21. The number of piperidine rings is 1. The number of aromatic nitrogens is 1. The highest BCUT2D eigenvalue weighted by atomic mass is 32.2. The third-order valence-electron chi connectivity index (χ3n) is 3.99. The minimum atomic E-state index is -3.68. The molecule has 1 fully saturated rings. The van der Waals surface area contributed by atoms with Gasteiger partial charge in [0.15, 0.2) is 0 Å². The third-order valence-corrected chi connectivity index (χ3v) is 5.46. The second-order valence-corrected chi connectivity index (χ2v) is 7.48. The number of sulfonamides is 1. The average Bonchev–Trinajstić information content (AvgIpc) is 2.88. The fraction of sp³-hybridized carbons (Fsp3) is 0.438. The SMILES string of the molecule is Cc1cc(S(=O)(=O)Nc2ccc(N3CCCCC3)cn2)c(C)o1. The van der Waals surface area contributed by atoms with Gasteiger partial charge in [0.05, 0.1) is 11.9 Å². The van der Waals surface area contributed by atoms with Gasteiger partial charge in [-0.1, -0.05) is 0 Å². The smallest absolute Gasteiger partial charge is 0.266 e. The van der Waals surface area contributed by atoms with Gasteiger partial charge in [0.2, 0.25) is 0 Å². The first kappa shape index (κ1) is 15.9. The first-order chi connectivity index (χ1) is 11.0. The van der Waals surface area contributed by atoms with Gasteiger partial charge in [-0.25, -0.2) is 13.4 Å². The largest absolute Gasteiger partial charge is 0.465 e. The van der Waals surface area contributed by atoms with Crippen molar-refractivity contribution in [1.82, 2.24) is 4.98 Å². The molecule has 3 rings (SSSR count). The van der Waals surface area contributed by atoms with E-state index < -0.39 is 10.0 Å². The molecule has 0 radical (unpaired) electrons. The summed E-state index contributed by atoms with van der Waals surface area (Å²) in [4.78, 5) is 6.66. The van der Waals surface area contributed by atoms with Crippen molar-refractivity contribution in [3.8, 4) is 0 Å². The summed E-state index contributed by atoms with van der Waals surface area (Å²) in [6.45, 7) is 5.41. The van der Waals surface area contributed by atoms with E-state index in [1.165, 1.54) is 25.3 Å². The van der Waals surface area contributed by atoms with Crippen LogP contribution in [0.4, 0.5) is 11.5 Å². The van der Waals surface area contributed by atoms with Gasteiger partial charge in [0.25, 0.3) is 10.0 Å². The van der Waals surface area contributed by atoms with Crippen LogP contribution in [-0.4, -0.2) is 26.5 Å². The first-order valence-corrected chi connectivity index (χ1v) is 9.25. The molecule has 0 atom stereocenters. The van der Waals surface area contributed by atoms with E-state index in [1.54, 1.807) is 26.1 Å². The molecule has 0 aromatic carbocycles. The maximum atomic E-state index is 12.4. The Hall–Kier alpha value is -2.02. The van der Waals surface area contributed by atoms with E-state index in [-0.39, 0.29) is 4.90 Å². The molecular weight excluding hydrogens is 314 g/mol. The summed E-state index contributed by atoms with van der Waals surface area (Å²) in [6, 6.07) is 5.12. The predicted molar refractivity (Wildman–Crippen MR) is 89.3 cm³/mol. The molecule has 0 aliphatic carbocycles. The summed E-state index contributed by atoms with van der Waals surface area (Å²) in [6.07, 6.45) is 5.36. The van der Waals surface area contributed by atoms with Crippen molar-refractivity contribution in [2.45, 2.75) is 38.0 Å². The van der Waals surface area contributed by atoms with Crippen LogP contribution in [0.3, 0.4) is 0 Å². The van der Waals surface area contributed by atoms with E-state index in [1.807, 2.05) is 6.07 Å². The highest BCUT2D eigenvalue weighted by molar-refractivity contribution is 7.92. The van der Waals surface area contributed by atoms with E-state index in [4.69, 9.17) is 4.42 Å². The predicted octanol–water partition coefficient (Wildman–Crippen LogP) is 3.08. The number of hydrogen-bond donors (Lipinski definition) is 1. The standard InChI is InChI=1S/C16H21N3O3S/c1-12-10-15(13(2)22-12)23(20,21)18-16-7-6-14(11-17-16)19-8-4-3-5-9-19/h6-7,10-11H,3-5,8-9H2,1-2H3,(H,17,18). The lowest BCUT2D eigenvalue weighted by Gasteiger charge is -2.28. The average molecular weight is 335 g/mol. The molecule has 0 unspecified atom stereocenters. The van der Waals surface area contributed by atoms with E-state index in [2.05, 4.69) is 14.6 Å². The normalized spacial score (nSPS) is 15.7. The zero-order valence-electron chi connectivity index (χ0n) is 13.4. The number of pyridine rings is 1. The Balaban J connectivity index is 1.76. The Bertz CT molecular complexity index is 775. The molecular formula is C16H21N3O3S. The van der Waals surface area contributed by atoms with Crippen LogP contribution in [0.25, 0.3) is 0 Å². The number of furan rings is 1. The topological polar surface area (TPSA) is 75.4 Å². The fourth-order valence-corrected chi connectivity index (χ4v) is 4.10. The van der Waals surface area contributed by atoms with Crippen molar-refractivity contribution in [3.05, 3.63) is 35.9 Å². The first-order valence-electron chi connectivity index (χ1n) is 7.76. The zero-order valence-corrected chi connectivity index (χ0v) is 14.2. The third kappa shape index (κ3) is 3.50. The number of nitrogens with one attached hydrogen (secondary N) is 1. The lowest BCUT2D eigenvalue weighted by molar-refractivity contribution is 0.496. The van der Waals surface area contributed by atoms with Crippen molar-refractivity contribution in [2.24, 2.45) is 0 Å². The van der Waals surface area contributed by atoms with Crippen molar-refractivity contribution in [2.75, 3.05) is 22.7 Å². The molecule has 6 nitrogen and oxygen atoms in total. The second-order valence-electron chi connectivity index (χ2n) is 5.83. The molecule has 0 spiro atoms. The number of anilines is 2. The second kappa shape index (κ2) is 6.23. The lowest BCUT2D eigenvalue weighted by atomic mass is 10.1. The van der Waals surface area contributed by atoms with Gasteiger partial charge in [-0.15, -0.1) is 0 Å². The van der Waals surface area contributed by atoms with Crippen molar-refractivity contribution < 1.29 is 12.8 Å². The summed E-state index contributed by atoms with van der Waals surface area (Å²) >= 11 is 0. The van der Waals surface area contributed by atoms with Gasteiger partial charge in [0, 0.05) is 19.2 Å². The molecule has 1 N–H and O–H groups in total. The Kier molecular flexibility index (Phi) is 4.30. The molecule has 23 heavy (non-hydrogen) atoms. The van der Waals surface area contributed by atoms with Crippen LogP contribution < -0.4 is 9.62 Å². The summed E-state index contributed by atoms with van der Waals surface area (Å²) < 4.78 is 32.6. The van der Waals surface area contributed by atoms with E-state index in [0.717, 1.165) is 18.8 Å². The molecule has 0 amide bonds. The van der Waals surface area contributed by atoms with Gasteiger partial charge >= 0.3 is 0 Å². The minimum Gasteiger partial charge on any atom is -0.465 e. The van der Waals surface area contributed by atoms with Crippen LogP contribution in [0.5, 0.6) is 0 Å². The van der Waals surface area contributed by atoms with Crippen LogP contribution in [0, 0.1) is 13.8 Å². The van der Waals surface area contributed by atoms with Crippen LogP contribution in [0.2, 0.25) is 0 Å².